The molecule has 1 aromatic rings. The molecule has 5 heteroatoms. The summed E-state index contributed by atoms with van der Waals surface area (Å²) >= 11 is 4.02. The molecular formula is C6H10ClN3S. The van der Waals surface area contributed by atoms with Crippen molar-refractivity contribution in [3.05, 3.63) is 23.8 Å². The van der Waals surface area contributed by atoms with Crippen LogP contribution >= 0.6 is 25.0 Å². The summed E-state index contributed by atoms with van der Waals surface area (Å²) in [7, 11) is 0. The SMILES string of the molecule is Cl.NCc1cnc(CS)nc1. The Labute approximate surface area is 77.2 Å². The van der Waals surface area contributed by atoms with Gasteiger partial charge in [0.05, 0.1) is 5.75 Å². The third kappa shape index (κ3) is 3.05. The van der Waals surface area contributed by atoms with E-state index in [2.05, 4.69) is 22.6 Å². The second-order valence-corrected chi connectivity index (χ2v) is 2.19. The minimum absolute atomic E-state index is 0. The molecule has 3 nitrogen and oxygen atoms in total. The number of nitrogens with two attached hydrogens (primary N) is 1. The topological polar surface area (TPSA) is 51.8 Å². The van der Waals surface area contributed by atoms with Crippen molar-refractivity contribution in [2.45, 2.75) is 12.3 Å². The van der Waals surface area contributed by atoms with Crippen molar-refractivity contribution in [2.24, 2.45) is 5.73 Å². The van der Waals surface area contributed by atoms with Crippen LogP contribution in [0.5, 0.6) is 0 Å². The summed E-state index contributed by atoms with van der Waals surface area (Å²) in [6.45, 7) is 0.493. The molecule has 0 unspecified atom stereocenters. The Morgan fingerprint density at radius 2 is 1.91 bits per heavy atom. The molecule has 1 heterocycles. The molecule has 0 fully saturated rings. The maximum atomic E-state index is 5.34. The molecule has 1 rings (SSSR count). The van der Waals surface area contributed by atoms with Crippen LogP contribution in [0.25, 0.3) is 0 Å². The Kier molecular flexibility index (Phi) is 5.19. The summed E-state index contributed by atoms with van der Waals surface area (Å²) in [6, 6.07) is 0. The van der Waals surface area contributed by atoms with Crippen LogP contribution < -0.4 is 5.73 Å². The predicted molar refractivity (Wildman–Crippen MR) is 49.9 cm³/mol. The molecule has 2 N–H and O–H groups in total. The highest BCUT2D eigenvalue weighted by atomic mass is 35.5. The largest absolute Gasteiger partial charge is 0.326 e. The minimum atomic E-state index is 0. The molecule has 62 valence electrons. The molecule has 0 atom stereocenters. The first kappa shape index (κ1) is 10.7. The number of hydrogen-bond donors (Lipinski definition) is 2. The van der Waals surface area contributed by atoms with Crippen LogP contribution in [0.3, 0.4) is 0 Å². The molecule has 11 heavy (non-hydrogen) atoms. The smallest absolute Gasteiger partial charge is 0.137 e. The number of aromatic nitrogens is 2. The zero-order valence-electron chi connectivity index (χ0n) is 5.90. The van der Waals surface area contributed by atoms with Gasteiger partial charge >= 0.3 is 0 Å². The van der Waals surface area contributed by atoms with E-state index in [0.717, 1.165) is 11.4 Å². The van der Waals surface area contributed by atoms with Gasteiger partial charge in [0.25, 0.3) is 0 Å². The monoisotopic (exact) mass is 191 g/mol. The fourth-order valence-electron chi connectivity index (χ4n) is 0.569. The quantitative estimate of drug-likeness (QED) is 0.680. The second kappa shape index (κ2) is 5.35. The molecule has 0 saturated heterocycles. The third-order valence-corrected chi connectivity index (χ3v) is 1.42. The van der Waals surface area contributed by atoms with Gasteiger partial charge in [0.15, 0.2) is 0 Å². The van der Waals surface area contributed by atoms with Crippen molar-refractivity contribution in [3.8, 4) is 0 Å². The standard InChI is InChI=1S/C6H9N3S.ClH/c7-1-5-2-8-6(4-10)9-3-5;/h2-3,10H,1,4,7H2;1H. The lowest BCUT2D eigenvalue weighted by Gasteiger charge is -1.95. The summed E-state index contributed by atoms with van der Waals surface area (Å²) < 4.78 is 0. The van der Waals surface area contributed by atoms with Gasteiger partial charge < -0.3 is 5.73 Å². The van der Waals surface area contributed by atoms with E-state index in [0.29, 0.717) is 12.3 Å². The van der Waals surface area contributed by atoms with Gasteiger partial charge in [-0.05, 0) is 0 Å². The van der Waals surface area contributed by atoms with Crippen LogP contribution in [0, 0.1) is 0 Å². The first-order valence-corrected chi connectivity index (χ1v) is 3.61. The molecule has 0 bridgehead atoms. The number of thiol groups is 1. The van der Waals surface area contributed by atoms with E-state index in [1.807, 2.05) is 0 Å². The normalized spacial score (nSPS) is 8.91. The average molecular weight is 192 g/mol. The summed E-state index contributed by atoms with van der Waals surface area (Å²) in [5.74, 6) is 1.31. The van der Waals surface area contributed by atoms with E-state index in [-0.39, 0.29) is 12.4 Å². The van der Waals surface area contributed by atoms with Crippen LogP contribution in [0.2, 0.25) is 0 Å². The molecule has 1 aromatic heterocycles. The molecule has 0 aliphatic rings. The van der Waals surface area contributed by atoms with E-state index < -0.39 is 0 Å². The highest BCUT2D eigenvalue weighted by molar-refractivity contribution is 7.79. The third-order valence-electron chi connectivity index (χ3n) is 1.14. The van der Waals surface area contributed by atoms with Crippen molar-refractivity contribution >= 4 is 25.0 Å². The molecular weight excluding hydrogens is 182 g/mol. The molecule has 0 aliphatic carbocycles. The van der Waals surface area contributed by atoms with Crippen molar-refractivity contribution in [1.29, 1.82) is 0 Å². The Balaban J connectivity index is 0.000001000. The summed E-state index contributed by atoms with van der Waals surface area (Å²) in [5.41, 5.74) is 6.29. The lowest BCUT2D eigenvalue weighted by Crippen LogP contribution is -1.99. The average Bonchev–Trinajstić information content (AvgIpc) is 2.05. The van der Waals surface area contributed by atoms with Crippen molar-refractivity contribution in [1.82, 2.24) is 9.97 Å². The number of rotatable bonds is 2. The predicted octanol–water partition coefficient (Wildman–Crippen LogP) is 0.787. The van der Waals surface area contributed by atoms with Crippen molar-refractivity contribution in [3.63, 3.8) is 0 Å². The van der Waals surface area contributed by atoms with Gasteiger partial charge in [-0.3, -0.25) is 0 Å². The number of nitrogens with zero attached hydrogens (tertiary/aromatic N) is 2. The van der Waals surface area contributed by atoms with Crippen LogP contribution in [-0.2, 0) is 12.3 Å². The van der Waals surface area contributed by atoms with E-state index in [9.17, 15) is 0 Å². The Hall–Kier alpha value is -0.320. The van der Waals surface area contributed by atoms with Gasteiger partial charge in [-0.25, -0.2) is 9.97 Å². The van der Waals surface area contributed by atoms with Gasteiger partial charge in [0, 0.05) is 24.5 Å². The van der Waals surface area contributed by atoms with E-state index in [1.54, 1.807) is 12.4 Å². The van der Waals surface area contributed by atoms with Gasteiger partial charge in [-0.2, -0.15) is 12.6 Å². The van der Waals surface area contributed by atoms with Gasteiger partial charge in [0.1, 0.15) is 5.82 Å². The zero-order chi connectivity index (χ0) is 7.40. The van der Waals surface area contributed by atoms with E-state index >= 15 is 0 Å². The Bertz CT molecular complexity index is 178. The Morgan fingerprint density at radius 1 is 1.36 bits per heavy atom. The molecule has 0 radical (unpaired) electrons. The second-order valence-electron chi connectivity index (χ2n) is 1.87. The van der Waals surface area contributed by atoms with E-state index in [4.69, 9.17) is 5.73 Å². The van der Waals surface area contributed by atoms with Crippen molar-refractivity contribution < 1.29 is 0 Å². The summed E-state index contributed by atoms with van der Waals surface area (Å²) in [4.78, 5) is 8.00. The lowest BCUT2D eigenvalue weighted by atomic mass is 10.3. The van der Waals surface area contributed by atoms with E-state index in [1.165, 1.54) is 0 Å². The fourth-order valence-corrected chi connectivity index (χ4v) is 0.732. The van der Waals surface area contributed by atoms with Gasteiger partial charge in [0.2, 0.25) is 0 Å². The zero-order valence-corrected chi connectivity index (χ0v) is 7.61. The van der Waals surface area contributed by atoms with Crippen molar-refractivity contribution in [2.75, 3.05) is 0 Å². The molecule has 0 saturated carbocycles. The highest BCUT2D eigenvalue weighted by Crippen LogP contribution is 1.96. The first-order chi connectivity index (χ1) is 4.86. The summed E-state index contributed by atoms with van der Waals surface area (Å²) in [5, 5.41) is 0. The number of halogens is 1. The maximum Gasteiger partial charge on any atom is 0.137 e. The molecule has 0 amide bonds. The fraction of sp³-hybridized carbons (Fsp3) is 0.333. The molecule has 0 spiro atoms. The Morgan fingerprint density at radius 3 is 2.27 bits per heavy atom. The van der Waals surface area contributed by atoms with Crippen LogP contribution in [0.15, 0.2) is 12.4 Å². The van der Waals surface area contributed by atoms with Crippen LogP contribution in [0.1, 0.15) is 11.4 Å². The first-order valence-electron chi connectivity index (χ1n) is 2.97. The highest BCUT2D eigenvalue weighted by Gasteiger charge is 1.91. The van der Waals surface area contributed by atoms with Gasteiger partial charge in [-0.1, -0.05) is 0 Å². The van der Waals surface area contributed by atoms with Crippen LogP contribution in [0.4, 0.5) is 0 Å². The van der Waals surface area contributed by atoms with Crippen LogP contribution in [-0.4, -0.2) is 9.97 Å². The maximum absolute atomic E-state index is 5.34. The van der Waals surface area contributed by atoms with Gasteiger partial charge in [-0.15, -0.1) is 12.4 Å². The molecule has 0 aromatic carbocycles. The molecule has 0 aliphatic heterocycles. The minimum Gasteiger partial charge on any atom is -0.326 e. The lowest BCUT2D eigenvalue weighted by molar-refractivity contribution is 0.961. The number of hydrogen-bond acceptors (Lipinski definition) is 4. The summed E-state index contributed by atoms with van der Waals surface area (Å²) in [6.07, 6.45) is 3.44.